The van der Waals surface area contributed by atoms with Crippen molar-refractivity contribution in [1.82, 2.24) is 4.90 Å². The highest BCUT2D eigenvalue weighted by atomic mass is 16.2. The molecule has 1 unspecified atom stereocenters. The zero-order valence-corrected chi connectivity index (χ0v) is 13.3. The van der Waals surface area contributed by atoms with E-state index in [1.165, 1.54) is 16.8 Å². The van der Waals surface area contributed by atoms with Gasteiger partial charge in [-0.25, -0.2) is 0 Å². The van der Waals surface area contributed by atoms with Gasteiger partial charge in [0.1, 0.15) is 0 Å². The summed E-state index contributed by atoms with van der Waals surface area (Å²) in [6, 6.07) is 19.5. The van der Waals surface area contributed by atoms with Crippen molar-refractivity contribution in [3.8, 4) is 0 Å². The molecule has 2 heterocycles. The van der Waals surface area contributed by atoms with Gasteiger partial charge in [0.05, 0.1) is 6.04 Å². The number of rotatable bonds is 3. The number of hydrogen-bond donors (Lipinski definition) is 0. The fourth-order valence-corrected chi connectivity index (χ4v) is 3.90. The molecule has 0 saturated carbocycles. The number of nitrogens with zero attached hydrogens (tertiary/aromatic N) is 2. The van der Waals surface area contributed by atoms with Crippen LogP contribution in [0.25, 0.3) is 0 Å². The minimum absolute atomic E-state index is 0.258. The SMILES string of the molecule is O=C1CCCN1C1CCN(Cc2ccccc2)c2ccccc21. The summed E-state index contributed by atoms with van der Waals surface area (Å²) in [4.78, 5) is 16.7. The van der Waals surface area contributed by atoms with Gasteiger partial charge in [-0.3, -0.25) is 4.79 Å². The molecule has 2 aromatic carbocycles. The van der Waals surface area contributed by atoms with Crippen LogP contribution < -0.4 is 4.90 Å². The predicted molar refractivity (Wildman–Crippen MR) is 92.2 cm³/mol. The van der Waals surface area contributed by atoms with Gasteiger partial charge in [-0.15, -0.1) is 0 Å². The molecule has 3 nitrogen and oxygen atoms in total. The Labute approximate surface area is 137 Å². The summed E-state index contributed by atoms with van der Waals surface area (Å²) in [5, 5.41) is 0. The number of para-hydroxylation sites is 1. The highest BCUT2D eigenvalue weighted by Gasteiger charge is 2.33. The molecule has 0 N–H and O–H groups in total. The predicted octanol–water partition coefficient (Wildman–Crippen LogP) is 3.76. The fraction of sp³-hybridized carbons (Fsp3) is 0.350. The van der Waals surface area contributed by atoms with Crippen LogP contribution in [0.3, 0.4) is 0 Å². The van der Waals surface area contributed by atoms with E-state index in [9.17, 15) is 4.79 Å². The Morgan fingerprint density at radius 2 is 1.74 bits per heavy atom. The van der Waals surface area contributed by atoms with Crippen LogP contribution in [0.4, 0.5) is 5.69 Å². The van der Waals surface area contributed by atoms with Crippen LogP contribution in [0.5, 0.6) is 0 Å². The lowest BCUT2D eigenvalue weighted by Gasteiger charge is -2.39. The molecule has 0 aromatic heterocycles. The number of anilines is 1. The Morgan fingerprint density at radius 1 is 0.957 bits per heavy atom. The van der Waals surface area contributed by atoms with Crippen molar-refractivity contribution < 1.29 is 4.79 Å². The Kier molecular flexibility index (Phi) is 3.78. The van der Waals surface area contributed by atoms with Gasteiger partial charge in [-0.2, -0.15) is 0 Å². The van der Waals surface area contributed by atoms with Crippen LogP contribution in [-0.2, 0) is 11.3 Å². The largest absolute Gasteiger partial charge is 0.367 e. The van der Waals surface area contributed by atoms with Crippen molar-refractivity contribution >= 4 is 11.6 Å². The lowest BCUT2D eigenvalue weighted by molar-refractivity contribution is -0.130. The fourth-order valence-electron chi connectivity index (χ4n) is 3.90. The molecule has 0 spiro atoms. The van der Waals surface area contributed by atoms with Crippen molar-refractivity contribution in [3.63, 3.8) is 0 Å². The maximum Gasteiger partial charge on any atom is 0.223 e. The first-order valence-corrected chi connectivity index (χ1v) is 8.50. The Hall–Kier alpha value is -2.29. The number of carbonyl (C=O) groups is 1. The molecule has 2 aliphatic rings. The standard InChI is InChI=1S/C20H22N2O/c23-20-11-6-13-22(20)19-12-14-21(15-16-7-2-1-3-8-16)18-10-5-4-9-17(18)19/h1-5,7-10,19H,6,11-15H2. The third-order valence-corrected chi connectivity index (χ3v) is 5.01. The van der Waals surface area contributed by atoms with Gasteiger partial charge < -0.3 is 9.80 Å². The average molecular weight is 306 g/mol. The van der Waals surface area contributed by atoms with E-state index in [0.29, 0.717) is 12.3 Å². The molecule has 1 saturated heterocycles. The minimum Gasteiger partial charge on any atom is -0.367 e. The van der Waals surface area contributed by atoms with Gasteiger partial charge in [0, 0.05) is 31.7 Å². The van der Waals surface area contributed by atoms with Gasteiger partial charge in [0.15, 0.2) is 0 Å². The van der Waals surface area contributed by atoms with E-state index in [2.05, 4.69) is 64.4 Å². The molecule has 1 amide bonds. The zero-order valence-electron chi connectivity index (χ0n) is 13.3. The Balaban J connectivity index is 1.63. The summed E-state index contributed by atoms with van der Waals surface area (Å²) < 4.78 is 0. The molecule has 4 rings (SSSR count). The lowest BCUT2D eigenvalue weighted by Crippen LogP contribution is -2.38. The second kappa shape index (κ2) is 6.07. The Bertz CT molecular complexity index is 698. The number of fused-ring (bicyclic) bond motifs is 1. The lowest BCUT2D eigenvalue weighted by atomic mass is 9.94. The van der Waals surface area contributed by atoms with E-state index < -0.39 is 0 Å². The molecule has 2 aromatic rings. The summed E-state index contributed by atoms with van der Waals surface area (Å²) in [6.45, 7) is 2.84. The Morgan fingerprint density at radius 3 is 2.52 bits per heavy atom. The average Bonchev–Trinajstić information content (AvgIpc) is 3.02. The molecule has 1 fully saturated rings. The van der Waals surface area contributed by atoms with Crippen molar-refractivity contribution in [2.24, 2.45) is 0 Å². The maximum absolute atomic E-state index is 12.2. The summed E-state index contributed by atoms with van der Waals surface area (Å²) in [7, 11) is 0. The highest BCUT2D eigenvalue weighted by Crippen LogP contribution is 2.39. The molecule has 2 aliphatic heterocycles. The van der Waals surface area contributed by atoms with E-state index in [4.69, 9.17) is 0 Å². The second-order valence-electron chi connectivity index (χ2n) is 6.46. The molecule has 0 radical (unpaired) electrons. The smallest absolute Gasteiger partial charge is 0.223 e. The number of carbonyl (C=O) groups excluding carboxylic acids is 1. The molecule has 23 heavy (non-hydrogen) atoms. The summed E-state index contributed by atoms with van der Waals surface area (Å²) in [5.41, 5.74) is 3.93. The molecule has 3 heteroatoms. The normalized spacial score (nSPS) is 20.7. The van der Waals surface area contributed by atoms with E-state index in [1.54, 1.807) is 0 Å². The molecule has 1 atom stereocenters. The van der Waals surface area contributed by atoms with Crippen LogP contribution in [0.1, 0.15) is 36.4 Å². The van der Waals surface area contributed by atoms with Crippen LogP contribution in [0.15, 0.2) is 54.6 Å². The van der Waals surface area contributed by atoms with Crippen LogP contribution in [0, 0.1) is 0 Å². The maximum atomic E-state index is 12.2. The molecular weight excluding hydrogens is 284 g/mol. The minimum atomic E-state index is 0.258. The first-order valence-electron chi connectivity index (χ1n) is 8.50. The summed E-state index contributed by atoms with van der Waals surface area (Å²) in [6.07, 6.45) is 2.74. The molecular formula is C20H22N2O. The van der Waals surface area contributed by atoms with E-state index in [0.717, 1.165) is 32.5 Å². The number of benzene rings is 2. The van der Waals surface area contributed by atoms with Crippen LogP contribution >= 0.6 is 0 Å². The quantitative estimate of drug-likeness (QED) is 0.862. The second-order valence-corrected chi connectivity index (χ2v) is 6.46. The van der Waals surface area contributed by atoms with Gasteiger partial charge in [-0.1, -0.05) is 48.5 Å². The molecule has 118 valence electrons. The molecule has 0 bridgehead atoms. The van der Waals surface area contributed by atoms with Gasteiger partial charge in [0.25, 0.3) is 0 Å². The summed E-state index contributed by atoms with van der Waals surface area (Å²) in [5.74, 6) is 0.321. The van der Waals surface area contributed by atoms with Gasteiger partial charge >= 0.3 is 0 Å². The van der Waals surface area contributed by atoms with Crippen LogP contribution in [-0.4, -0.2) is 23.9 Å². The van der Waals surface area contributed by atoms with E-state index >= 15 is 0 Å². The van der Waals surface area contributed by atoms with Crippen molar-refractivity contribution in [1.29, 1.82) is 0 Å². The number of likely N-dealkylation sites (tertiary alicyclic amines) is 1. The van der Waals surface area contributed by atoms with Crippen molar-refractivity contribution in [2.45, 2.75) is 31.8 Å². The number of amides is 1. The zero-order chi connectivity index (χ0) is 15.6. The number of hydrogen-bond acceptors (Lipinski definition) is 2. The third-order valence-electron chi connectivity index (χ3n) is 5.01. The first-order chi connectivity index (χ1) is 11.3. The third kappa shape index (κ3) is 2.72. The van der Waals surface area contributed by atoms with Gasteiger partial charge in [0.2, 0.25) is 5.91 Å². The van der Waals surface area contributed by atoms with E-state index in [-0.39, 0.29) is 6.04 Å². The van der Waals surface area contributed by atoms with E-state index in [1.807, 2.05) is 0 Å². The van der Waals surface area contributed by atoms with Crippen LogP contribution in [0.2, 0.25) is 0 Å². The monoisotopic (exact) mass is 306 g/mol. The molecule has 0 aliphatic carbocycles. The highest BCUT2D eigenvalue weighted by molar-refractivity contribution is 5.79. The van der Waals surface area contributed by atoms with Crippen molar-refractivity contribution in [3.05, 3.63) is 65.7 Å². The van der Waals surface area contributed by atoms with Crippen molar-refractivity contribution in [2.75, 3.05) is 18.0 Å². The topological polar surface area (TPSA) is 23.6 Å². The van der Waals surface area contributed by atoms with Gasteiger partial charge in [-0.05, 0) is 30.0 Å². The summed E-state index contributed by atoms with van der Waals surface area (Å²) >= 11 is 0. The first kappa shape index (κ1) is 14.3.